The van der Waals surface area contributed by atoms with Crippen molar-refractivity contribution in [2.75, 3.05) is 7.11 Å². The van der Waals surface area contributed by atoms with Gasteiger partial charge in [-0.05, 0) is 34.1 Å². The molecule has 5 heteroatoms. The first-order chi connectivity index (χ1) is 8.74. The van der Waals surface area contributed by atoms with Gasteiger partial charge >= 0.3 is 0 Å². The van der Waals surface area contributed by atoms with Crippen LogP contribution in [0.4, 0.5) is 0 Å². The third kappa shape index (κ3) is 3.04. The molecule has 2 aromatic rings. The molecule has 1 aromatic heterocycles. The Morgan fingerprint density at radius 1 is 1.28 bits per heavy atom. The summed E-state index contributed by atoms with van der Waals surface area (Å²) in [6.07, 6.45) is 0. The van der Waals surface area contributed by atoms with Crippen molar-refractivity contribution < 1.29 is 14.6 Å². The van der Waals surface area contributed by atoms with E-state index < -0.39 is 0 Å². The Balaban J connectivity index is 2.17. The second-order valence-corrected chi connectivity index (χ2v) is 6.15. The van der Waals surface area contributed by atoms with Crippen molar-refractivity contribution >= 4 is 27.3 Å². The highest BCUT2D eigenvalue weighted by Gasteiger charge is 2.10. The lowest BCUT2D eigenvalue weighted by atomic mass is 10.2. The monoisotopic (exact) mass is 328 g/mol. The number of aliphatic hydroxyl groups is 1. The number of hydrogen-bond acceptors (Lipinski definition) is 4. The van der Waals surface area contributed by atoms with Crippen LogP contribution in [0.2, 0.25) is 0 Å². The van der Waals surface area contributed by atoms with Crippen LogP contribution in [0.5, 0.6) is 11.5 Å². The largest absolute Gasteiger partial charge is 0.493 e. The fourth-order valence-corrected chi connectivity index (χ4v) is 2.98. The molecule has 1 heterocycles. The van der Waals surface area contributed by atoms with Crippen LogP contribution in [0.15, 0.2) is 34.1 Å². The summed E-state index contributed by atoms with van der Waals surface area (Å²) in [5.74, 6) is 1.24. The van der Waals surface area contributed by atoms with Crippen molar-refractivity contribution in [3.63, 3.8) is 0 Å². The zero-order valence-corrected chi connectivity index (χ0v) is 12.3. The molecule has 0 saturated heterocycles. The van der Waals surface area contributed by atoms with E-state index >= 15 is 0 Å². The Hall–Kier alpha value is -1.04. The zero-order chi connectivity index (χ0) is 13.0. The lowest BCUT2D eigenvalue weighted by molar-refractivity contribution is 0.251. The highest BCUT2D eigenvalue weighted by molar-refractivity contribution is 9.11. The van der Waals surface area contributed by atoms with Crippen molar-refractivity contribution in [1.82, 2.24) is 0 Å². The van der Waals surface area contributed by atoms with Gasteiger partial charge in [-0.15, -0.1) is 11.3 Å². The van der Waals surface area contributed by atoms with Gasteiger partial charge in [-0.25, -0.2) is 0 Å². The lowest BCUT2D eigenvalue weighted by Crippen LogP contribution is -2.00. The van der Waals surface area contributed by atoms with E-state index in [9.17, 15) is 5.11 Å². The first-order valence-electron chi connectivity index (χ1n) is 5.38. The van der Waals surface area contributed by atoms with E-state index in [0.717, 1.165) is 14.2 Å². The summed E-state index contributed by atoms with van der Waals surface area (Å²) in [4.78, 5) is 1.11. The first kappa shape index (κ1) is 13.4. The van der Waals surface area contributed by atoms with Crippen molar-refractivity contribution in [2.24, 2.45) is 0 Å². The minimum absolute atomic E-state index is 0.0688. The predicted octanol–water partition coefficient (Wildman–Crippen LogP) is 3.59. The van der Waals surface area contributed by atoms with Crippen molar-refractivity contribution in [3.8, 4) is 11.5 Å². The molecule has 0 aliphatic carbocycles. The van der Waals surface area contributed by atoms with Gasteiger partial charge in [0.15, 0.2) is 11.5 Å². The lowest BCUT2D eigenvalue weighted by Gasteiger charge is -2.13. The minimum atomic E-state index is -0.0688. The summed E-state index contributed by atoms with van der Waals surface area (Å²) in [6.45, 7) is 0.393. The normalized spacial score (nSPS) is 10.4. The van der Waals surface area contributed by atoms with Crippen LogP contribution in [-0.4, -0.2) is 12.2 Å². The van der Waals surface area contributed by atoms with E-state index in [4.69, 9.17) is 9.47 Å². The predicted molar refractivity (Wildman–Crippen MR) is 75.3 cm³/mol. The number of hydrogen-bond donors (Lipinski definition) is 1. The fourth-order valence-electron chi connectivity index (χ4n) is 1.58. The van der Waals surface area contributed by atoms with Crippen LogP contribution in [0, 0.1) is 0 Å². The molecule has 3 nitrogen and oxygen atoms in total. The van der Waals surface area contributed by atoms with Crippen LogP contribution in [0.1, 0.15) is 10.4 Å². The second kappa shape index (κ2) is 6.22. The number of benzene rings is 1. The Morgan fingerprint density at radius 2 is 2.11 bits per heavy atom. The van der Waals surface area contributed by atoms with Gasteiger partial charge in [-0.1, -0.05) is 12.1 Å². The summed E-state index contributed by atoms with van der Waals surface area (Å²) in [5.41, 5.74) is 0.727. The molecule has 0 aliphatic rings. The number of para-hydroxylation sites is 1. The van der Waals surface area contributed by atoms with Crippen LogP contribution < -0.4 is 9.47 Å². The van der Waals surface area contributed by atoms with Gasteiger partial charge in [0.1, 0.15) is 6.61 Å². The highest BCUT2D eigenvalue weighted by atomic mass is 79.9. The van der Waals surface area contributed by atoms with Crippen LogP contribution in [-0.2, 0) is 13.2 Å². The Labute approximate surface area is 118 Å². The minimum Gasteiger partial charge on any atom is -0.493 e. The molecule has 0 radical (unpaired) electrons. The van der Waals surface area contributed by atoms with Gasteiger partial charge in [0.05, 0.1) is 17.5 Å². The number of thiophene rings is 1. The van der Waals surface area contributed by atoms with Crippen LogP contribution >= 0.6 is 27.3 Å². The maximum atomic E-state index is 9.30. The maximum absolute atomic E-state index is 9.30. The molecular weight excluding hydrogens is 316 g/mol. The van der Waals surface area contributed by atoms with E-state index in [0.29, 0.717) is 18.1 Å². The summed E-state index contributed by atoms with van der Waals surface area (Å²) in [5, 5.41) is 9.30. The molecule has 0 atom stereocenters. The molecule has 0 saturated carbocycles. The van der Waals surface area contributed by atoms with Gasteiger partial charge in [-0.2, -0.15) is 0 Å². The van der Waals surface area contributed by atoms with Gasteiger partial charge in [0.2, 0.25) is 0 Å². The SMILES string of the molecule is COc1cccc(CO)c1OCc1ccc(Br)s1. The second-order valence-electron chi connectivity index (χ2n) is 3.60. The number of halogens is 1. The van der Waals surface area contributed by atoms with E-state index in [1.165, 1.54) is 0 Å². The number of rotatable bonds is 5. The standard InChI is InChI=1S/C13H13BrO3S/c1-16-11-4-2-3-9(7-15)13(11)17-8-10-5-6-12(14)18-10/h2-6,15H,7-8H2,1H3. The Bertz CT molecular complexity index is 502. The Kier molecular flexibility index (Phi) is 4.63. The third-order valence-electron chi connectivity index (χ3n) is 2.44. The van der Waals surface area contributed by atoms with E-state index in [1.807, 2.05) is 30.3 Å². The maximum Gasteiger partial charge on any atom is 0.167 e. The van der Waals surface area contributed by atoms with Crippen molar-refractivity contribution in [3.05, 3.63) is 44.6 Å². The van der Waals surface area contributed by atoms with Gasteiger partial charge in [-0.3, -0.25) is 0 Å². The van der Waals surface area contributed by atoms with Gasteiger partial charge in [0.25, 0.3) is 0 Å². The highest BCUT2D eigenvalue weighted by Crippen LogP contribution is 2.32. The molecule has 18 heavy (non-hydrogen) atoms. The quantitative estimate of drug-likeness (QED) is 0.911. The molecule has 1 N–H and O–H groups in total. The molecule has 0 amide bonds. The van der Waals surface area contributed by atoms with E-state index in [2.05, 4.69) is 15.9 Å². The van der Waals surface area contributed by atoms with E-state index in [-0.39, 0.29) is 6.61 Å². The molecule has 2 rings (SSSR count). The van der Waals surface area contributed by atoms with Crippen LogP contribution in [0.3, 0.4) is 0 Å². The first-order valence-corrected chi connectivity index (χ1v) is 6.99. The fraction of sp³-hybridized carbons (Fsp3) is 0.231. The summed E-state index contributed by atoms with van der Waals surface area (Å²) in [6, 6.07) is 9.46. The molecule has 1 aromatic carbocycles. The molecular formula is C13H13BrO3S. The molecule has 0 unspecified atom stereocenters. The zero-order valence-electron chi connectivity index (χ0n) is 9.85. The smallest absolute Gasteiger partial charge is 0.167 e. The molecule has 0 bridgehead atoms. The Morgan fingerprint density at radius 3 is 2.72 bits per heavy atom. The van der Waals surface area contributed by atoms with Gasteiger partial charge < -0.3 is 14.6 Å². The molecule has 0 fully saturated rings. The van der Waals surface area contributed by atoms with Crippen molar-refractivity contribution in [1.29, 1.82) is 0 Å². The number of methoxy groups -OCH3 is 1. The van der Waals surface area contributed by atoms with Crippen molar-refractivity contribution in [2.45, 2.75) is 13.2 Å². The molecule has 96 valence electrons. The summed E-state index contributed by atoms with van der Waals surface area (Å²) < 4.78 is 12.1. The summed E-state index contributed by atoms with van der Waals surface area (Å²) >= 11 is 5.04. The molecule has 0 spiro atoms. The van der Waals surface area contributed by atoms with E-state index in [1.54, 1.807) is 18.4 Å². The topological polar surface area (TPSA) is 38.7 Å². The van der Waals surface area contributed by atoms with Crippen LogP contribution in [0.25, 0.3) is 0 Å². The average molecular weight is 329 g/mol. The number of aliphatic hydroxyl groups excluding tert-OH is 1. The summed E-state index contributed by atoms with van der Waals surface area (Å²) in [7, 11) is 1.59. The number of ether oxygens (including phenoxy) is 2. The third-order valence-corrected chi connectivity index (χ3v) is 4.04. The van der Waals surface area contributed by atoms with Gasteiger partial charge in [0, 0.05) is 10.4 Å². The average Bonchev–Trinajstić information content (AvgIpc) is 2.81. The molecule has 0 aliphatic heterocycles.